The molecule has 494 valence electrons. The second-order valence-electron chi connectivity index (χ2n) is 21.9. The minimum absolute atomic E-state index is 0.0134. The lowest BCUT2D eigenvalue weighted by atomic mass is 10.0. The number of benzene rings is 4. The molecular weight excluding hydrogens is 1190 g/mol. The number of nitrogens with one attached hydrogen (secondary N) is 7. The Bertz CT molecular complexity index is 3240. The number of methoxy groups -OCH3 is 1. The Labute approximate surface area is 531 Å². The second kappa shape index (κ2) is 36.6. The first-order valence-electron chi connectivity index (χ1n) is 29.8. The van der Waals surface area contributed by atoms with Crippen molar-refractivity contribution in [3.05, 3.63) is 131 Å². The van der Waals surface area contributed by atoms with Crippen molar-refractivity contribution >= 4 is 76.9 Å². The van der Waals surface area contributed by atoms with E-state index >= 15 is 0 Å². The van der Waals surface area contributed by atoms with E-state index < -0.39 is 133 Å². The van der Waals surface area contributed by atoms with E-state index in [9.17, 15) is 57.8 Å². The Morgan fingerprint density at radius 3 is 1.49 bits per heavy atom. The van der Waals surface area contributed by atoms with Crippen LogP contribution in [0.3, 0.4) is 0 Å². The van der Waals surface area contributed by atoms with Gasteiger partial charge in [0.05, 0.1) is 20.0 Å². The van der Waals surface area contributed by atoms with E-state index in [-0.39, 0.29) is 102 Å². The van der Waals surface area contributed by atoms with E-state index in [4.69, 9.17) is 44.9 Å². The highest BCUT2D eigenvalue weighted by Gasteiger charge is 2.41. The molecule has 0 aromatic heterocycles. The van der Waals surface area contributed by atoms with E-state index in [0.29, 0.717) is 28.0 Å². The SMILES string of the molecule is COc1ccc(C[C@H](NC(=O)[C@H](CCCN=C(N)N)NC(=O)[C@@H]2CCCN2C(=O)[C@H](CCCN=C(N)N)NC(=O)[C@H](CC(N)=O)NC(=O)[C@H](CCC(N)=O)NC(=O)[C@H](Cc2ccccc2)NC(=O)[C@@H](Cc2ccc(O)cc2)NC(=O)Cc2ccccc2)C(N)=O)cc1. The highest BCUT2D eigenvalue weighted by atomic mass is 16.5. The molecule has 30 heteroatoms. The molecule has 1 fully saturated rings. The van der Waals surface area contributed by atoms with Gasteiger partial charge in [0.1, 0.15) is 59.8 Å². The molecule has 0 unspecified atom stereocenters. The lowest BCUT2D eigenvalue weighted by Crippen LogP contribution is -2.61. The van der Waals surface area contributed by atoms with Crippen molar-refractivity contribution in [2.45, 2.75) is 132 Å². The number of ether oxygens (including phenoxy) is 1. The number of guanidine groups is 2. The molecule has 30 nitrogen and oxygen atoms in total. The van der Waals surface area contributed by atoms with Crippen molar-refractivity contribution < 1.29 is 62.6 Å². The van der Waals surface area contributed by atoms with Crippen LogP contribution in [0.5, 0.6) is 11.5 Å². The smallest absolute Gasteiger partial charge is 0.245 e. The van der Waals surface area contributed by atoms with Crippen molar-refractivity contribution in [2.75, 3.05) is 26.7 Å². The molecule has 8 atom stereocenters. The van der Waals surface area contributed by atoms with Gasteiger partial charge in [0.25, 0.3) is 0 Å². The standard InChI is InChI=1S/C62H83N17O13/c1-92-41-24-20-39(21-25-41)31-45(53(65)84)76-54(85)42(15-8-28-70-61(66)67)74-59(90)49-17-10-30-79(49)60(91)44(16-9-29-71-62(68)69)75-58(89)48(35-51(64)82)78-55(86)43(26-27-50(63)81)73-57(88)47(32-36-11-4-2-5-12-36)77-56(87)46(33-38-18-22-40(80)23-19-38)72-52(83)34-37-13-6-3-7-14-37/h2-7,11-14,18-25,42-49,80H,8-10,15-17,26-35H2,1H3,(H2,63,81)(H2,64,82)(H2,65,84)(H,72,83)(H,73,88)(H,74,90)(H,75,89)(H,76,85)(H,77,87)(H,78,86)(H4,66,67,70)(H4,68,69,71)/t42-,43-,44-,45-,46+,47-,48-,49-/m0/s1. The molecule has 92 heavy (non-hydrogen) atoms. The zero-order chi connectivity index (χ0) is 67.3. The first-order valence-corrected chi connectivity index (χ1v) is 29.8. The van der Waals surface area contributed by atoms with Crippen LogP contribution in [0.2, 0.25) is 0 Å². The maximum absolute atomic E-state index is 14.8. The first-order chi connectivity index (χ1) is 43.9. The van der Waals surface area contributed by atoms with E-state index in [1.807, 2.05) is 0 Å². The number of nitrogens with two attached hydrogens (primary N) is 7. The molecule has 0 aliphatic carbocycles. The molecule has 0 spiro atoms. The number of likely N-dealkylation sites (tertiary alicyclic amines) is 1. The number of phenolic OH excluding ortho intramolecular Hbond substituents is 1. The minimum Gasteiger partial charge on any atom is -0.508 e. The Hall–Kier alpha value is -10.8. The molecule has 4 aromatic carbocycles. The van der Waals surface area contributed by atoms with E-state index in [0.717, 1.165) is 0 Å². The van der Waals surface area contributed by atoms with Crippen LogP contribution < -0.4 is 82.1 Å². The van der Waals surface area contributed by atoms with Crippen molar-refractivity contribution in [3.63, 3.8) is 0 Å². The molecule has 0 saturated carbocycles. The number of hydrogen-bond donors (Lipinski definition) is 15. The fraction of sp³-hybridized carbons (Fsp3) is 0.403. The van der Waals surface area contributed by atoms with Gasteiger partial charge in [0, 0.05) is 45.3 Å². The normalized spacial score (nSPS) is 14.8. The number of amides is 11. The maximum Gasteiger partial charge on any atom is 0.245 e. The number of aromatic hydroxyl groups is 1. The van der Waals surface area contributed by atoms with Crippen LogP contribution in [-0.4, -0.2) is 162 Å². The summed E-state index contributed by atoms with van der Waals surface area (Å²) in [5, 5.41) is 28.3. The van der Waals surface area contributed by atoms with Crippen molar-refractivity contribution in [1.29, 1.82) is 0 Å². The zero-order valence-corrected chi connectivity index (χ0v) is 51.1. The molecule has 1 saturated heterocycles. The fourth-order valence-corrected chi connectivity index (χ4v) is 10.0. The summed E-state index contributed by atoms with van der Waals surface area (Å²) in [7, 11) is 1.49. The van der Waals surface area contributed by atoms with Gasteiger partial charge in [0.15, 0.2) is 11.9 Å². The second-order valence-corrected chi connectivity index (χ2v) is 21.9. The van der Waals surface area contributed by atoms with Crippen LogP contribution in [0.25, 0.3) is 0 Å². The summed E-state index contributed by atoms with van der Waals surface area (Å²) >= 11 is 0. The molecule has 0 radical (unpaired) electrons. The number of carbonyl (C=O) groups is 11. The number of nitrogens with zero attached hydrogens (tertiary/aromatic N) is 3. The molecule has 5 rings (SSSR count). The van der Waals surface area contributed by atoms with Crippen molar-refractivity contribution in [1.82, 2.24) is 42.1 Å². The summed E-state index contributed by atoms with van der Waals surface area (Å²) in [6.07, 6.45) is -1.83. The summed E-state index contributed by atoms with van der Waals surface area (Å²) in [6, 6.07) is 18.2. The van der Waals surface area contributed by atoms with E-state index in [1.165, 1.54) is 24.1 Å². The quantitative estimate of drug-likeness (QED) is 0.0120. The van der Waals surface area contributed by atoms with Gasteiger partial charge in [-0.2, -0.15) is 0 Å². The molecule has 1 aliphatic rings. The van der Waals surface area contributed by atoms with Gasteiger partial charge in [-0.3, -0.25) is 62.7 Å². The predicted octanol–water partition coefficient (Wildman–Crippen LogP) is -3.21. The number of aliphatic imine (C=N–C) groups is 2. The van der Waals surface area contributed by atoms with Crippen LogP contribution in [-0.2, 0) is 78.4 Å². The Morgan fingerprint density at radius 2 is 0.957 bits per heavy atom. The van der Waals surface area contributed by atoms with Crippen LogP contribution >= 0.6 is 0 Å². The van der Waals surface area contributed by atoms with Gasteiger partial charge < -0.3 is 92.1 Å². The molecule has 4 aromatic rings. The highest BCUT2D eigenvalue weighted by Crippen LogP contribution is 2.22. The Morgan fingerprint density at radius 1 is 0.511 bits per heavy atom. The summed E-state index contributed by atoms with van der Waals surface area (Å²) in [5.74, 6) is -9.76. The zero-order valence-electron chi connectivity index (χ0n) is 51.1. The van der Waals surface area contributed by atoms with Crippen molar-refractivity contribution in [3.8, 4) is 11.5 Å². The molecule has 0 bridgehead atoms. The summed E-state index contributed by atoms with van der Waals surface area (Å²) in [5.41, 5.74) is 41.4. The third kappa shape index (κ3) is 24.6. The van der Waals surface area contributed by atoms with Gasteiger partial charge >= 0.3 is 0 Å². The number of carbonyl (C=O) groups excluding carboxylic acids is 11. The van der Waals surface area contributed by atoms with Gasteiger partial charge in [-0.15, -0.1) is 0 Å². The van der Waals surface area contributed by atoms with Gasteiger partial charge in [-0.1, -0.05) is 84.9 Å². The Balaban J connectivity index is 1.38. The average Bonchev–Trinajstić information content (AvgIpc) is 1.69. The molecular formula is C62H83N17O13. The Kier molecular flexibility index (Phi) is 28.6. The monoisotopic (exact) mass is 1270 g/mol. The number of hydrogen-bond acceptors (Lipinski definition) is 15. The highest BCUT2D eigenvalue weighted by molar-refractivity contribution is 5.99. The van der Waals surface area contributed by atoms with Crippen LogP contribution in [0, 0.1) is 0 Å². The van der Waals surface area contributed by atoms with Crippen molar-refractivity contribution in [2.24, 2.45) is 50.1 Å². The minimum atomic E-state index is -1.86. The largest absolute Gasteiger partial charge is 0.508 e. The maximum atomic E-state index is 14.8. The average molecular weight is 1270 g/mol. The topological polar surface area (TPSA) is 512 Å². The van der Waals surface area contributed by atoms with Gasteiger partial charge in [0.2, 0.25) is 65.0 Å². The molecule has 1 aliphatic heterocycles. The van der Waals surface area contributed by atoms with Crippen LogP contribution in [0.1, 0.15) is 80.0 Å². The van der Waals surface area contributed by atoms with Crippen LogP contribution in [0.4, 0.5) is 0 Å². The third-order valence-electron chi connectivity index (χ3n) is 14.7. The lowest BCUT2D eigenvalue weighted by molar-refractivity contribution is -0.143. The predicted molar refractivity (Wildman–Crippen MR) is 338 cm³/mol. The van der Waals surface area contributed by atoms with Gasteiger partial charge in [-0.25, -0.2) is 0 Å². The van der Waals surface area contributed by atoms with E-state index in [2.05, 4.69) is 47.2 Å². The fourth-order valence-electron chi connectivity index (χ4n) is 10.0. The number of phenols is 1. The van der Waals surface area contributed by atoms with Crippen LogP contribution in [0.15, 0.2) is 119 Å². The molecule has 1 heterocycles. The lowest BCUT2D eigenvalue weighted by Gasteiger charge is -2.31. The molecule has 11 amide bonds. The van der Waals surface area contributed by atoms with E-state index in [1.54, 1.807) is 97.1 Å². The number of primary amides is 3. The summed E-state index contributed by atoms with van der Waals surface area (Å²) < 4.78 is 5.21. The molecule has 22 N–H and O–H groups in total. The number of rotatable bonds is 37. The summed E-state index contributed by atoms with van der Waals surface area (Å²) in [6.45, 7) is 0.00561. The summed E-state index contributed by atoms with van der Waals surface area (Å²) in [4.78, 5) is 161. The van der Waals surface area contributed by atoms with Gasteiger partial charge in [-0.05, 0) is 91.5 Å². The third-order valence-corrected chi connectivity index (χ3v) is 14.7. The first kappa shape index (κ1) is 71.9.